The van der Waals surface area contributed by atoms with Crippen molar-refractivity contribution in [3.8, 4) is 11.5 Å². The maximum absolute atomic E-state index is 11.4. The average molecular weight is 264 g/mol. The molecule has 1 unspecified atom stereocenters. The number of nitrogens with one attached hydrogen (secondary N) is 1. The maximum atomic E-state index is 11.4. The fourth-order valence-electron chi connectivity index (χ4n) is 1.63. The smallest absolute Gasteiger partial charge is 0.318 e. The molecule has 0 aliphatic carbocycles. The summed E-state index contributed by atoms with van der Waals surface area (Å²) in [6.07, 6.45) is -0.900. The van der Waals surface area contributed by atoms with Crippen molar-refractivity contribution in [2.24, 2.45) is 5.73 Å². The Morgan fingerprint density at radius 3 is 2.89 bits per heavy atom. The Morgan fingerprint density at radius 1 is 1.47 bits per heavy atom. The molecule has 1 aliphatic heterocycles. The van der Waals surface area contributed by atoms with E-state index >= 15 is 0 Å². The first-order valence-corrected chi connectivity index (χ1v) is 5.54. The predicted molar refractivity (Wildman–Crippen MR) is 64.1 cm³/mol. The molecule has 0 radical (unpaired) electrons. The van der Waals surface area contributed by atoms with Gasteiger partial charge in [-0.25, -0.2) is 4.79 Å². The van der Waals surface area contributed by atoms with E-state index in [0.29, 0.717) is 17.1 Å². The first kappa shape index (κ1) is 12.9. The number of carbonyl (C=O) groups excluding carboxylic acids is 3. The van der Waals surface area contributed by atoms with Crippen molar-refractivity contribution in [3.63, 3.8) is 0 Å². The second-order valence-corrected chi connectivity index (χ2v) is 3.98. The van der Waals surface area contributed by atoms with Gasteiger partial charge < -0.3 is 15.2 Å². The number of imide groups is 1. The third-order valence-corrected chi connectivity index (χ3v) is 2.54. The Kier molecular flexibility index (Phi) is 3.37. The molecule has 0 spiro atoms. The number of fused-ring (bicyclic) bond motifs is 1. The molecule has 0 bridgehead atoms. The normalized spacial score (nSPS) is 14.3. The Hall–Kier alpha value is -2.57. The number of Topliss-reactive ketones (excluding diaryl/α,β-unsaturated/α-hetero) is 1. The molecule has 7 heteroatoms. The standard InChI is InChI=1S/C12H12N2O5/c1-6(11(16)14-12(13)17)19-7-2-3-8-9(15)5-18-10(8)4-7/h2-4,6H,5H2,1H3,(H3,13,14,16,17). The van der Waals surface area contributed by atoms with Crippen LogP contribution in [-0.4, -0.2) is 30.4 Å². The number of hydrogen-bond acceptors (Lipinski definition) is 5. The van der Waals surface area contributed by atoms with Gasteiger partial charge in [0.1, 0.15) is 11.5 Å². The monoisotopic (exact) mass is 264 g/mol. The fraction of sp³-hybridized carbons (Fsp3) is 0.250. The molecule has 3 amide bonds. The first-order valence-electron chi connectivity index (χ1n) is 5.54. The minimum Gasteiger partial charge on any atom is -0.485 e. The molecule has 2 rings (SSSR count). The highest BCUT2D eigenvalue weighted by atomic mass is 16.5. The molecule has 1 atom stereocenters. The molecule has 0 saturated heterocycles. The number of benzene rings is 1. The highest BCUT2D eigenvalue weighted by molar-refractivity contribution is 6.02. The third-order valence-electron chi connectivity index (χ3n) is 2.54. The number of urea groups is 1. The van der Waals surface area contributed by atoms with Crippen LogP contribution in [0.15, 0.2) is 18.2 Å². The number of ketones is 1. The van der Waals surface area contributed by atoms with Crippen molar-refractivity contribution in [1.29, 1.82) is 0 Å². The number of hydrogen-bond donors (Lipinski definition) is 2. The van der Waals surface area contributed by atoms with E-state index in [9.17, 15) is 14.4 Å². The van der Waals surface area contributed by atoms with Crippen LogP contribution in [0.4, 0.5) is 4.79 Å². The summed E-state index contributed by atoms with van der Waals surface area (Å²) in [7, 11) is 0. The van der Waals surface area contributed by atoms with E-state index in [1.807, 2.05) is 5.32 Å². The summed E-state index contributed by atoms with van der Waals surface area (Å²) in [5.74, 6) is 0.0386. The molecule has 0 aromatic heterocycles. The van der Waals surface area contributed by atoms with E-state index in [1.54, 1.807) is 12.1 Å². The second kappa shape index (κ2) is 4.97. The van der Waals surface area contributed by atoms with Gasteiger partial charge >= 0.3 is 6.03 Å². The molecule has 7 nitrogen and oxygen atoms in total. The quantitative estimate of drug-likeness (QED) is 0.812. The maximum Gasteiger partial charge on any atom is 0.318 e. The molecule has 19 heavy (non-hydrogen) atoms. The van der Waals surface area contributed by atoms with Crippen LogP contribution in [-0.2, 0) is 4.79 Å². The van der Waals surface area contributed by atoms with E-state index < -0.39 is 18.0 Å². The Bertz CT molecular complexity index is 555. The highest BCUT2D eigenvalue weighted by Crippen LogP contribution is 2.29. The van der Waals surface area contributed by atoms with Gasteiger partial charge in [-0.1, -0.05) is 0 Å². The Morgan fingerprint density at radius 2 is 2.21 bits per heavy atom. The lowest BCUT2D eigenvalue weighted by Gasteiger charge is -2.13. The van der Waals surface area contributed by atoms with Gasteiger partial charge in [0.15, 0.2) is 12.7 Å². The lowest BCUT2D eigenvalue weighted by atomic mass is 10.1. The lowest BCUT2D eigenvalue weighted by molar-refractivity contribution is -0.126. The molecule has 3 N–H and O–H groups in total. The lowest BCUT2D eigenvalue weighted by Crippen LogP contribution is -2.42. The van der Waals surface area contributed by atoms with Gasteiger partial charge in [0.2, 0.25) is 5.78 Å². The Balaban J connectivity index is 2.06. The van der Waals surface area contributed by atoms with Crippen molar-refractivity contribution in [1.82, 2.24) is 5.32 Å². The highest BCUT2D eigenvalue weighted by Gasteiger charge is 2.22. The van der Waals surface area contributed by atoms with Crippen LogP contribution >= 0.6 is 0 Å². The summed E-state index contributed by atoms with van der Waals surface area (Å²) in [5, 5.41) is 1.91. The van der Waals surface area contributed by atoms with Crippen LogP contribution in [0.2, 0.25) is 0 Å². The predicted octanol–water partition coefficient (Wildman–Crippen LogP) is 0.224. The number of carbonyl (C=O) groups is 3. The summed E-state index contributed by atoms with van der Waals surface area (Å²) in [4.78, 5) is 33.3. The molecular weight excluding hydrogens is 252 g/mol. The number of ether oxygens (including phenoxy) is 2. The van der Waals surface area contributed by atoms with Crippen molar-refractivity contribution < 1.29 is 23.9 Å². The summed E-state index contributed by atoms with van der Waals surface area (Å²) >= 11 is 0. The molecule has 0 fully saturated rings. The number of primary amides is 1. The molecule has 0 saturated carbocycles. The fourth-order valence-corrected chi connectivity index (χ4v) is 1.63. The molecular formula is C12H12N2O5. The van der Waals surface area contributed by atoms with E-state index in [2.05, 4.69) is 0 Å². The minimum atomic E-state index is -0.941. The second-order valence-electron chi connectivity index (χ2n) is 3.98. The molecule has 1 aliphatic rings. The summed E-state index contributed by atoms with van der Waals surface area (Å²) in [6, 6.07) is 3.70. The molecule has 100 valence electrons. The average Bonchev–Trinajstić information content (AvgIpc) is 2.70. The first-order chi connectivity index (χ1) is 8.97. The van der Waals surface area contributed by atoms with Crippen molar-refractivity contribution in [2.45, 2.75) is 13.0 Å². The number of rotatable bonds is 3. The molecule has 1 aromatic carbocycles. The zero-order valence-corrected chi connectivity index (χ0v) is 10.1. The van der Waals surface area contributed by atoms with Crippen LogP contribution in [0, 0.1) is 0 Å². The van der Waals surface area contributed by atoms with E-state index in [0.717, 1.165) is 0 Å². The van der Waals surface area contributed by atoms with Gasteiger partial charge in [-0.3, -0.25) is 14.9 Å². The zero-order chi connectivity index (χ0) is 14.0. The van der Waals surface area contributed by atoms with Gasteiger partial charge in [0, 0.05) is 6.07 Å². The van der Waals surface area contributed by atoms with E-state index in [1.165, 1.54) is 13.0 Å². The number of nitrogens with two attached hydrogens (primary N) is 1. The van der Waals surface area contributed by atoms with Gasteiger partial charge in [0.25, 0.3) is 5.91 Å². The van der Waals surface area contributed by atoms with E-state index in [-0.39, 0.29) is 12.4 Å². The minimum absolute atomic E-state index is 0.0104. The van der Waals surface area contributed by atoms with Crippen LogP contribution in [0.1, 0.15) is 17.3 Å². The van der Waals surface area contributed by atoms with Gasteiger partial charge in [-0.15, -0.1) is 0 Å². The van der Waals surface area contributed by atoms with Crippen molar-refractivity contribution in [3.05, 3.63) is 23.8 Å². The van der Waals surface area contributed by atoms with Gasteiger partial charge in [0.05, 0.1) is 5.56 Å². The molecule has 1 aromatic rings. The van der Waals surface area contributed by atoms with Crippen molar-refractivity contribution in [2.75, 3.05) is 6.61 Å². The van der Waals surface area contributed by atoms with Gasteiger partial charge in [-0.05, 0) is 19.1 Å². The summed E-state index contributed by atoms with van der Waals surface area (Å²) < 4.78 is 10.5. The van der Waals surface area contributed by atoms with Gasteiger partial charge in [-0.2, -0.15) is 0 Å². The number of amides is 3. The van der Waals surface area contributed by atoms with E-state index in [4.69, 9.17) is 15.2 Å². The zero-order valence-electron chi connectivity index (χ0n) is 10.1. The topological polar surface area (TPSA) is 108 Å². The Labute approximate surface area is 108 Å². The summed E-state index contributed by atoms with van der Waals surface area (Å²) in [6.45, 7) is 1.48. The third kappa shape index (κ3) is 2.82. The van der Waals surface area contributed by atoms with Crippen molar-refractivity contribution >= 4 is 17.7 Å². The van der Waals surface area contributed by atoms with Crippen LogP contribution in [0.5, 0.6) is 11.5 Å². The van der Waals surface area contributed by atoms with Crippen LogP contribution in [0.25, 0.3) is 0 Å². The summed E-state index contributed by atoms with van der Waals surface area (Å²) in [5.41, 5.74) is 5.32. The van der Waals surface area contributed by atoms with Crippen LogP contribution < -0.4 is 20.5 Å². The van der Waals surface area contributed by atoms with Crippen LogP contribution in [0.3, 0.4) is 0 Å². The SMILES string of the molecule is CC(Oc1ccc2c(c1)OCC2=O)C(=O)NC(N)=O. The molecule has 1 heterocycles. The largest absolute Gasteiger partial charge is 0.485 e.